The molecule has 1 heterocycles. The molecule has 1 atom stereocenters. The van der Waals surface area contributed by atoms with Crippen molar-refractivity contribution in [2.75, 3.05) is 11.5 Å². The molecule has 6 nitrogen and oxygen atoms in total. The van der Waals surface area contributed by atoms with E-state index in [1.807, 2.05) is 0 Å². The van der Waals surface area contributed by atoms with Crippen molar-refractivity contribution in [3.8, 4) is 0 Å². The summed E-state index contributed by atoms with van der Waals surface area (Å²) in [4.78, 5) is 48.4. The predicted molar refractivity (Wildman–Crippen MR) is 68.7 cm³/mol. The monoisotopic (exact) mass is 275 g/mol. The maximum atomic E-state index is 12.2. The average molecular weight is 275 g/mol. The summed E-state index contributed by atoms with van der Waals surface area (Å²) in [6.07, 6.45) is -0.482. The molecular weight excluding hydrogens is 262 g/mol. The molecular formula is C14H13NO5. The van der Waals surface area contributed by atoms with Crippen molar-refractivity contribution >= 4 is 29.3 Å². The summed E-state index contributed by atoms with van der Waals surface area (Å²) in [7, 11) is 0. The third kappa shape index (κ3) is 2.45. The molecule has 0 saturated carbocycles. The minimum atomic E-state index is -1.55. The fourth-order valence-corrected chi connectivity index (χ4v) is 2.03. The first kappa shape index (κ1) is 13.9. The highest BCUT2D eigenvalue weighted by molar-refractivity contribution is 6.35. The molecule has 0 N–H and O–H groups in total. The molecule has 0 bridgehead atoms. The van der Waals surface area contributed by atoms with E-state index in [-0.39, 0.29) is 6.61 Å². The Hall–Kier alpha value is -2.50. The van der Waals surface area contributed by atoms with Gasteiger partial charge in [-0.2, -0.15) is 0 Å². The molecule has 1 aliphatic heterocycles. The number of carbonyl (C=O) groups excluding carboxylic acids is 4. The average Bonchev–Trinajstić information content (AvgIpc) is 2.39. The van der Waals surface area contributed by atoms with Crippen LogP contribution in [0.5, 0.6) is 0 Å². The van der Waals surface area contributed by atoms with Gasteiger partial charge in [0.05, 0.1) is 18.7 Å². The summed E-state index contributed by atoms with van der Waals surface area (Å²) >= 11 is 0. The van der Waals surface area contributed by atoms with Gasteiger partial charge >= 0.3 is 5.97 Å². The molecule has 2 amide bonds. The maximum Gasteiger partial charge on any atom is 0.326 e. The highest BCUT2D eigenvalue weighted by Crippen LogP contribution is 2.24. The number of nitrogens with zero attached hydrogens (tertiary/aromatic N) is 1. The molecule has 1 unspecified atom stereocenters. The van der Waals surface area contributed by atoms with Gasteiger partial charge < -0.3 is 4.74 Å². The van der Waals surface area contributed by atoms with Gasteiger partial charge in [0.25, 0.3) is 5.91 Å². The number of ketones is 1. The van der Waals surface area contributed by atoms with Crippen molar-refractivity contribution in [3.05, 3.63) is 30.3 Å². The lowest BCUT2D eigenvalue weighted by atomic mass is 9.94. The van der Waals surface area contributed by atoms with Crippen molar-refractivity contribution in [1.82, 2.24) is 0 Å². The first-order valence-electron chi connectivity index (χ1n) is 6.17. The molecule has 20 heavy (non-hydrogen) atoms. The van der Waals surface area contributed by atoms with Crippen LogP contribution in [0.2, 0.25) is 0 Å². The summed E-state index contributed by atoms with van der Waals surface area (Å²) in [5, 5.41) is 0. The number of anilines is 1. The number of amides is 2. The molecule has 0 aromatic heterocycles. The van der Waals surface area contributed by atoms with Crippen LogP contribution in [0.3, 0.4) is 0 Å². The summed E-state index contributed by atoms with van der Waals surface area (Å²) < 4.78 is 4.72. The number of para-hydroxylation sites is 1. The second-order valence-electron chi connectivity index (χ2n) is 4.23. The van der Waals surface area contributed by atoms with Gasteiger partial charge in [-0.15, -0.1) is 0 Å². The SMILES string of the molecule is CCOC(=O)C1C(=O)CC(=O)N(c2ccccc2)C1=O. The Morgan fingerprint density at radius 1 is 1.25 bits per heavy atom. The molecule has 6 heteroatoms. The molecule has 0 spiro atoms. The van der Waals surface area contributed by atoms with Gasteiger partial charge in [-0.25, -0.2) is 4.90 Å². The molecule has 1 fully saturated rings. The summed E-state index contributed by atoms with van der Waals surface area (Å²) in [6.45, 7) is 1.64. The normalized spacial score (nSPS) is 19.1. The molecule has 1 aromatic carbocycles. The van der Waals surface area contributed by atoms with E-state index in [0.717, 1.165) is 4.90 Å². The van der Waals surface area contributed by atoms with Crippen LogP contribution < -0.4 is 4.90 Å². The van der Waals surface area contributed by atoms with Crippen molar-refractivity contribution in [3.63, 3.8) is 0 Å². The van der Waals surface area contributed by atoms with E-state index in [4.69, 9.17) is 4.74 Å². The summed E-state index contributed by atoms with van der Waals surface area (Å²) in [5.74, 6) is -4.66. The van der Waals surface area contributed by atoms with Crippen LogP contribution in [0.25, 0.3) is 0 Å². The van der Waals surface area contributed by atoms with E-state index >= 15 is 0 Å². The Balaban J connectivity index is 2.34. The minimum Gasteiger partial charge on any atom is -0.465 e. The molecule has 0 aliphatic carbocycles. The zero-order valence-corrected chi connectivity index (χ0v) is 10.9. The Morgan fingerprint density at radius 3 is 2.50 bits per heavy atom. The Morgan fingerprint density at radius 2 is 1.90 bits per heavy atom. The number of imide groups is 1. The van der Waals surface area contributed by atoms with Gasteiger partial charge in [0.15, 0.2) is 11.7 Å². The molecule has 1 aromatic rings. The zero-order chi connectivity index (χ0) is 14.7. The number of hydrogen-bond donors (Lipinski definition) is 0. The van der Waals surface area contributed by atoms with Crippen LogP contribution in [0.4, 0.5) is 5.69 Å². The zero-order valence-electron chi connectivity index (χ0n) is 10.9. The van der Waals surface area contributed by atoms with Gasteiger partial charge in [0.1, 0.15) is 0 Å². The van der Waals surface area contributed by atoms with Crippen LogP contribution in [0, 0.1) is 5.92 Å². The summed E-state index contributed by atoms with van der Waals surface area (Å²) in [6, 6.07) is 8.18. The van der Waals surface area contributed by atoms with E-state index in [1.165, 1.54) is 0 Å². The van der Waals surface area contributed by atoms with E-state index in [0.29, 0.717) is 5.69 Å². The van der Waals surface area contributed by atoms with Crippen molar-refractivity contribution in [2.45, 2.75) is 13.3 Å². The lowest BCUT2D eigenvalue weighted by Gasteiger charge is -2.28. The smallest absolute Gasteiger partial charge is 0.326 e. The fourth-order valence-electron chi connectivity index (χ4n) is 2.03. The van der Waals surface area contributed by atoms with Gasteiger partial charge in [-0.3, -0.25) is 19.2 Å². The van der Waals surface area contributed by atoms with Gasteiger partial charge in [-0.1, -0.05) is 18.2 Å². The quantitative estimate of drug-likeness (QED) is 0.461. The van der Waals surface area contributed by atoms with Crippen LogP contribution in [0.15, 0.2) is 30.3 Å². The third-order valence-electron chi connectivity index (χ3n) is 2.90. The van der Waals surface area contributed by atoms with E-state index in [2.05, 4.69) is 0 Å². The second kappa shape index (κ2) is 5.64. The van der Waals surface area contributed by atoms with E-state index in [9.17, 15) is 19.2 Å². The maximum absolute atomic E-state index is 12.2. The molecule has 2 rings (SSSR count). The first-order valence-corrected chi connectivity index (χ1v) is 6.17. The van der Waals surface area contributed by atoms with E-state index in [1.54, 1.807) is 37.3 Å². The standard InChI is InChI=1S/C14H13NO5/c1-2-20-14(19)12-10(16)8-11(17)15(13(12)18)9-6-4-3-5-7-9/h3-7,12H,2,8H2,1H3. The molecule has 104 valence electrons. The van der Waals surface area contributed by atoms with Gasteiger partial charge in [0, 0.05) is 0 Å². The van der Waals surface area contributed by atoms with Crippen molar-refractivity contribution in [2.24, 2.45) is 5.92 Å². The van der Waals surface area contributed by atoms with Gasteiger partial charge in [-0.05, 0) is 19.1 Å². The molecule has 1 aliphatic rings. The van der Waals surface area contributed by atoms with Crippen LogP contribution >= 0.6 is 0 Å². The number of Topliss-reactive ketones (excluding diaryl/α,β-unsaturated/α-hetero) is 1. The first-order chi connectivity index (χ1) is 9.56. The Labute approximate surface area is 115 Å². The fraction of sp³-hybridized carbons (Fsp3) is 0.286. The Kier molecular flexibility index (Phi) is 3.93. The van der Waals surface area contributed by atoms with Crippen molar-refractivity contribution in [1.29, 1.82) is 0 Å². The van der Waals surface area contributed by atoms with E-state index < -0.39 is 35.9 Å². The molecule has 1 saturated heterocycles. The van der Waals surface area contributed by atoms with Crippen LogP contribution in [-0.4, -0.2) is 30.2 Å². The number of hydrogen-bond acceptors (Lipinski definition) is 5. The number of rotatable bonds is 3. The second-order valence-corrected chi connectivity index (χ2v) is 4.23. The lowest BCUT2D eigenvalue weighted by molar-refractivity contribution is -0.156. The van der Waals surface area contributed by atoms with Crippen LogP contribution in [-0.2, 0) is 23.9 Å². The predicted octanol–water partition coefficient (Wildman–Crippen LogP) is 0.698. The number of piperidine rings is 1. The highest BCUT2D eigenvalue weighted by Gasteiger charge is 2.46. The highest BCUT2D eigenvalue weighted by atomic mass is 16.5. The number of carbonyl (C=O) groups is 4. The third-order valence-corrected chi connectivity index (χ3v) is 2.90. The number of esters is 1. The lowest BCUT2D eigenvalue weighted by Crippen LogP contribution is -2.52. The largest absolute Gasteiger partial charge is 0.465 e. The van der Waals surface area contributed by atoms with Crippen molar-refractivity contribution < 1.29 is 23.9 Å². The molecule has 0 radical (unpaired) electrons. The number of benzene rings is 1. The van der Waals surface area contributed by atoms with Gasteiger partial charge in [0.2, 0.25) is 5.91 Å². The summed E-state index contributed by atoms with van der Waals surface area (Å²) in [5.41, 5.74) is 0.337. The minimum absolute atomic E-state index is 0.0647. The number of ether oxygens (including phenoxy) is 1. The Bertz CT molecular complexity index is 566. The topological polar surface area (TPSA) is 80.8 Å². The van der Waals surface area contributed by atoms with Crippen LogP contribution in [0.1, 0.15) is 13.3 Å².